The highest BCUT2D eigenvalue weighted by Crippen LogP contribution is 2.21. The third kappa shape index (κ3) is 6.27. The molecule has 2 amide bonds. The molecule has 3 rings (SSSR count). The number of benzene rings is 2. The van der Waals surface area contributed by atoms with Crippen LogP contribution >= 0.6 is 0 Å². The molecule has 180 valence electrons. The highest BCUT2D eigenvalue weighted by molar-refractivity contribution is 7.89. The van der Waals surface area contributed by atoms with Crippen molar-refractivity contribution >= 4 is 27.5 Å². The summed E-state index contributed by atoms with van der Waals surface area (Å²) in [5, 5.41) is 2.66. The molecule has 11 heteroatoms. The zero-order valence-corrected chi connectivity index (χ0v) is 19.0. The number of carbonyl (C=O) groups excluding carboxylic acids is 2. The van der Waals surface area contributed by atoms with Crippen molar-refractivity contribution in [3.05, 3.63) is 84.3 Å². The minimum Gasteiger partial charge on any atom is -0.467 e. The molecule has 0 fully saturated rings. The van der Waals surface area contributed by atoms with Gasteiger partial charge in [-0.3, -0.25) is 14.5 Å². The number of halogens is 2. The molecule has 2 N–H and O–H groups in total. The lowest BCUT2D eigenvalue weighted by Gasteiger charge is -2.30. The molecule has 0 unspecified atom stereocenters. The summed E-state index contributed by atoms with van der Waals surface area (Å²) >= 11 is 0. The molecule has 2 aromatic carbocycles. The van der Waals surface area contributed by atoms with Gasteiger partial charge < -0.3 is 9.73 Å². The van der Waals surface area contributed by atoms with E-state index in [0.717, 1.165) is 35.2 Å². The molecule has 0 saturated heterocycles. The summed E-state index contributed by atoms with van der Waals surface area (Å²) in [5.41, 5.74) is 0.0889. The van der Waals surface area contributed by atoms with Gasteiger partial charge in [-0.15, -0.1) is 0 Å². The van der Waals surface area contributed by atoms with Gasteiger partial charge in [0.2, 0.25) is 21.8 Å². The van der Waals surface area contributed by atoms with E-state index in [2.05, 4.69) is 10.0 Å². The van der Waals surface area contributed by atoms with Crippen LogP contribution in [0, 0.1) is 11.6 Å². The summed E-state index contributed by atoms with van der Waals surface area (Å²) in [6.07, 6.45) is 1.62. The molecule has 1 atom stereocenters. The van der Waals surface area contributed by atoms with E-state index in [1.807, 2.05) is 0 Å². The fourth-order valence-electron chi connectivity index (χ4n) is 3.25. The maximum absolute atomic E-state index is 13.9. The van der Waals surface area contributed by atoms with Crippen molar-refractivity contribution in [1.82, 2.24) is 10.0 Å². The Morgan fingerprint density at radius 3 is 2.38 bits per heavy atom. The van der Waals surface area contributed by atoms with E-state index in [1.165, 1.54) is 24.5 Å². The molecule has 0 spiro atoms. The lowest BCUT2D eigenvalue weighted by atomic mass is 10.1. The van der Waals surface area contributed by atoms with Gasteiger partial charge in [-0.05, 0) is 61.0 Å². The van der Waals surface area contributed by atoms with Crippen molar-refractivity contribution in [2.24, 2.45) is 0 Å². The van der Waals surface area contributed by atoms with Crippen LogP contribution in [-0.2, 0) is 26.2 Å². The number of sulfonamides is 1. The van der Waals surface area contributed by atoms with Crippen molar-refractivity contribution in [2.75, 3.05) is 11.4 Å². The average molecular weight is 492 g/mol. The lowest BCUT2D eigenvalue weighted by Crippen LogP contribution is -2.52. The topological polar surface area (TPSA) is 109 Å². The molecule has 0 radical (unpaired) electrons. The third-order valence-electron chi connectivity index (χ3n) is 4.91. The standard InChI is InChI=1S/C23H23F2N3O5S/c1-2-21(23(30)26-14-19-7-4-12-33-19)28(18-6-3-5-17(25)13-18)22(29)15-27-34(31,32)20-10-8-16(24)9-11-20/h3-13,21,27H,2,14-15H2,1H3,(H,26,30)/t21-/m0/s1. The van der Waals surface area contributed by atoms with Crippen LogP contribution in [0.1, 0.15) is 19.1 Å². The van der Waals surface area contributed by atoms with Gasteiger partial charge in [0.15, 0.2) is 0 Å². The molecule has 34 heavy (non-hydrogen) atoms. The molecule has 0 aliphatic carbocycles. The minimum absolute atomic E-state index is 0.0741. The van der Waals surface area contributed by atoms with Crippen LogP contribution in [0.15, 0.2) is 76.2 Å². The second-order valence-corrected chi connectivity index (χ2v) is 9.01. The third-order valence-corrected chi connectivity index (χ3v) is 6.33. The largest absolute Gasteiger partial charge is 0.467 e. The molecule has 3 aromatic rings. The Bertz CT molecular complexity index is 1230. The SMILES string of the molecule is CC[C@@H](C(=O)NCc1ccco1)N(C(=O)CNS(=O)(=O)c1ccc(F)cc1)c1cccc(F)c1. The van der Waals surface area contributed by atoms with Gasteiger partial charge in [-0.2, -0.15) is 0 Å². The van der Waals surface area contributed by atoms with Gasteiger partial charge in [-0.1, -0.05) is 13.0 Å². The molecule has 0 aliphatic rings. The van der Waals surface area contributed by atoms with Gasteiger partial charge in [0.05, 0.1) is 24.2 Å². The number of furan rings is 1. The van der Waals surface area contributed by atoms with E-state index >= 15 is 0 Å². The number of rotatable bonds is 10. The normalized spacial score (nSPS) is 12.2. The van der Waals surface area contributed by atoms with E-state index in [0.29, 0.717) is 5.76 Å². The first-order chi connectivity index (χ1) is 16.2. The number of hydrogen-bond donors (Lipinski definition) is 2. The van der Waals surface area contributed by atoms with Crippen LogP contribution in [-0.4, -0.2) is 32.8 Å². The van der Waals surface area contributed by atoms with Gasteiger partial charge in [0, 0.05) is 5.69 Å². The zero-order valence-electron chi connectivity index (χ0n) is 18.2. The smallest absolute Gasteiger partial charge is 0.243 e. The number of amides is 2. The average Bonchev–Trinajstić information content (AvgIpc) is 3.33. The summed E-state index contributed by atoms with van der Waals surface area (Å²) in [6.45, 7) is 1.03. The van der Waals surface area contributed by atoms with Gasteiger partial charge in [0.1, 0.15) is 23.4 Å². The Labute approximate surface area is 195 Å². The minimum atomic E-state index is -4.14. The van der Waals surface area contributed by atoms with Crippen LogP contribution in [0.5, 0.6) is 0 Å². The molecular weight excluding hydrogens is 468 g/mol. The van der Waals surface area contributed by atoms with Gasteiger partial charge >= 0.3 is 0 Å². The summed E-state index contributed by atoms with van der Waals surface area (Å²) in [7, 11) is -4.14. The number of carbonyl (C=O) groups is 2. The first kappa shape index (κ1) is 25.1. The van der Waals surface area contributed by atoms with Crippen molar-refractivity contribution in [3.8, 4) is 0 Å². The Hall–Kier alpha value is -3.57. The molecule has 8 nitrogen and oxygen atoms in total. The van der Waals surface area contributed by atoms with Crippen molar-refractivity contribution in [2.45, 2.75) is 30.8 Å². The van der Waals surface area contributed by atoms with Crippen LogP contribution in [0.25, 0.3) is 0 Å². The molecular formula is C23H23F2N3O5S. The second-order valence-electron chi connectivity index (χ2n) is 7.24. The van der Waals surface area contributed by atoms with E-state index < -0.39 is 46.1 Å². The van der Waals surface area contributed by atoms with E-state index in [9.17, 15) is 26.8 Å². The first-order valence-electron chi connectivity index (χ1n) is 10.3. The Balaban J connectivity index is 1.82. The summed E-state index contributed by atoms with van der Waals surface area (Å²) in [5.74, 6) is -2.06. The predicted octanol–water partition coefficient (Wildman–Crippen LogP) is 2.96. The second kappa shape index (κ2) is 11.0. The monoisotopic (exact) mass is 491 g/mol. The highest BCUT2D eigenvalue weighted by atomic mass is 32.2. The number of hydrogen-bond acceptors (Lipinski definition) is 5. The number of anilines is 1. The number of nitrogens with zero attached hydrogens (tertiary/aromatic N) is 1. The van der Waals surface area contributed by atoms with Crippen molar-refractivity contribution < 1.29 is 31.2 Å². The van der Waals surface area contributed by atoms with Crippen molar-refractivity contribution in [1.29, 1.82) is 0 Å². The lowest BCUT2D eigenvalue weighted by molar-refractivity contribution is -0.126. The fourth-order valence-corrected chi connectivity index (χ4v) is 4.23. The molecule has 0 saturated carbocycles. The molecule has 1 heterocycles. The van der Waals surface area contributed by atoms with Crippen LogP contribution in [0.4, 0.5) is 14.5 Å². The Morgan fingerprint density at radius 2 is 1.76 bits per heavy atom. The fraction of sp³-hybridized carbons (Fsp3) is 0.217. The number of nitrogens with one attached hydrogen (secondary N) is 2. The molecule has 1 aromatic heterocycles. The highest BCUT2D eigenvalue weighted by Gasteiger charge is 2.31. The van der Waals surface area contributed by atoms with Gasteiger partial charge in [-0.25, -0.2) is 21.9 Å². The zero-order chi connectivity index (χ0) is 24.7. The van der Waals surface area contributed by atoms with Crippen molar-refractivity contribution in [3.63, 3.8) is 0 Å². The Kier molecular flexibility index (Phi) is 8.13. The Morgan fingerprint density at radius 1 is 1.03 bits per heavy atom. The summed E-state index contributed by atoms with van der Waals surface area (Å²) in [6, 6.07) is 11.4. The maximum Gasteiger partial charge on any atom is 0.243 e. The van der Waals surface area contributed by atoms with Gasteiger partial charge in [0.25, 0.3) is 0 Å². The van der Waals surface area contributed by atoms with Crippen LogP contribution in [0.3, 0.4) is 0 Å². The predicted molar refractivity (Wildman–Crippen MR) is 120 cm³/mol. The molecule has 0 bridgehead atoms. The molecule has 0 aliphatic heterocycles. The van der Waals surface area contributed by atoms with Crippen LogP contribution < -0.4 is 14.9 Å². The first-order valence-corrected chi connectivity index (χ1v) is 11.8. The van der Waals surface area contributed by atoms with E-state index in [-0.39, 0.29) is 23.5 Å². The summed E-state index contributed by atoms with van der Waals surface area (Å²) in [4.78, 5) is 26.9. The summed E-state index contributed by atoms with van der Waals surface area (Å²) < 4.78 is 59.4. The van der Waals surface area contributed by atoms with E-state index in [1.54, 1.807) is 19.1 Å². The van der Waals surface area contributed by atoms with E-state index in [4.69, 9.17) is 4.42 Å². The quantitative estimate of drug-likeness (QED) is 0.453. The van der Waals surface area contributed by atoms with Crippen LogP contribution in [0.2, 0.25) is 0 Å². The maximum atomic E-state index is 13.9.